The van der Waals surface area contributed by atoms with Crippen molar-refractivity contribution in [1.82, 2.24) is 15.3 Å². The highest BCUT2D eigenvalue weighted by atomic mass is 32.1. The molecule has 0 aliphatic carbocycles. The second kappa shape index (κ2) is 7.07. The summed E-state index contributed by atoms with van der Waals surface area (Å²) in [5.41, 5.74) is 5.18. The number of pyridine rings is 2. The van der Waals surface area contributed by atoms with Gasteiger partial charge in [-0.25, -0.2) is 9.97 Å². The summed E-state index contributed by atoms with van der Waals surface area (Å²) >= 11 is 1.52. The van der Waals surface area contributed by atoms with Gasteiger partial charge in [-0.15, -0.1) is 11.3 Å². The van der Waals surface area contributed by atoms with Crippen LogP contribution in [-0.4, -0.2) is 28.5 Å². The first-order valence-electron chi connectivity index (χ1n) is 9.75. The minimum absolute atomic E-state index is 0.0212. The number of nitrogens with zero attached hydrogens (tertiary/aromatic N) is 2. The second-order valence-corrected chi connectivity index (χ2v) is 8.43. The van der Waals surface area contributed by atoms with Gasteiger partial charge in [-0.2, -0.15) is 0 Å². The molecule has 1 aromatic carbocycles. The lowest BCUT2D eigenvalue weighted by atomic mass is 10.1. The third-order valence-electron chi connectivity index (χ3n) is 5.27. The Morgan fingerprint density at radius 2 is 1.87 bits per heavy atom. The van der Waals surface area contributed by atoms with Crippen molar-refractivity contribution in [2.24, 2.45) is 0 Å². The summed E-state index contributed by atoms with van der Waals surface area (Å²) < 4.78 is 1.08. The summed E-state index contributed by atoms with van der Waals surface area (Å²) in [7, 11) is 0. The third-order valence-corrected chi connectivity index (χ3v) is 6.42. The maximum atomic E-state index is 12.6. The number of hydrogen-bond donors (Lipinski definition) is 2. The van der Waals surface area contributed by atoms with Gasteiger partial charge in [-0.3, -0.25) is 4.79 Å². The molecule has 0 radical (unpaired) electrons. The molecule has 0 saturated carbocycles. The van der Waals surface area contributed by atoms with Gasteiger partial charge in [-0.05, 0) is 55.5 Å². The number of carbonyl (C=O) groups is 1. The van der Waals surface area contributed by atoms with E-state index in [4.69, 9.17) is 4.98 Å². The molecule has 0 bridgehead atoms. The fraction of sp³-hybridized carbons (Fsp3) is 0.125. The third kappa shape index (κ3) is 2.97. The van der Waals surface area contributed by atoms with Crippen LogP contribution in [0.15, 0.2) is 49.6 Å². The molecule has 30 heavy (non-hydrogen) atoms. The van der Waals surface area contributed by atoms with E-state index < -0.39 is 0 Å². The smallest absolute Gasteiger partial charge is 0.263 e. The zero-order chi connectivity index (χ0) is 20.8. The highest BCUT2D eigenvalue weighted by Gasteiger charge is 2.24. The molecule has 5 rings (SSSR count). The molecule has 1 amide bonds. The highest BCUT2D eigenvalue weighted by Crippen LogP contribution is 2.41. The van der Waals surface area contributed by atoms with Crippen LogP contribution >= 0.6 is 11.3 Å². The zero-order valence-corrected chi connectivity index (χ0v) is 17.3. The first-order valence-corrected chi connectivity index (χ1v) is 10.6. The number of hydrogen-bond acceptors (Lipinski definition) is 5. The van der Waals surface area contributed by atoms with Crippen LogP contribution in [0.5, 0.6) is 0 Å². The van der Waals surface area contributed by atoms with Gasteiger partial charge >= 0.3 is 0 Å². The number of amides is 1. The molecule has 0 saturated heterocycles. The molecule has 6 heteroatoms. The lowest BCUT2D eigenvalue weighted by Crippen LogP contribution is -2.34. The summed E-state index contributed by atoms with van der Waals surface area (Å²) in [6, 6.07) is 12.2. The SMILES string of the molecule is C=Cc1cc(-c2ccc3c(ccc4sc5c(c43)NC[C@@H](C)NC5=O)n2)cc(C=C)n1. The number of aromatic nitrogens is 2. The Bertz CT molecular complexity index is 1330. The van der Waals surface area contributed by atoms with Crippen LogP contribution in [0.4, 0.5) is 5.69 Å². The van der Waals surface area contributed by atoms with Crippen LogP contribution in [-0.2, 0) is 0 Å². The van der Waals surface area contributed by atoms with Crippen molar-refractivity contribution in [2.75, 3.05) is 11.9 Å². The zero-order valence-electron chi connectivity index (χ0n) is 16.5. The lowest BCUT2D eigenvalue weighted by molar-refractivity contribution is 0.0949. The van der Waals surface area contributed by atoms with Gasteiger partial charge in [0.25, 0.3) is 5.91 Å². The second-order valence-electron chi connectivity index (χ2n) is 7.38. The number of rotatable bonds is 3. The topological polar surface area (TPSA) is 66.9 Å². The van der Waals surface area contributed by atoms with Crippen LogP contribution in [0.3, 0.4) is 0 Å². The van der Waals surface area contributed by atoms with Crippen molar-refractivity contribution in [3.8, 4) is 11.3 Å². The molecular formula is C24H20N4OS. The summed E-state index contributed by atoms with van der Waals surface area (Å²) in [6.07, 6.45) is 3.44. The predicted molar refractivity (Wildman–Crippen MR) is 126 cm³/mol. The van der Waals surface area contributed by atoms with Gasteiger partial charge in [0.2, 0.25) is 0 Å². The summed E-state index contributed by atoms with van der Waals surface area (Å²) in [5.74, 6) is -0.0212. The average molecular weight is 413 g/mol. The van der Waals surface area contributed by atoms with Crippen LogP contribution in [0.2, 0.25) is 0 Å². The molecule has 4 heterocycles. The highest BCUT2D eigenvalue weighted by molar-refractivity contribution is 7.21. The quantitative estimate of drug-likeness (QED) is 0.477. The van der Waals surface area contributed by atoms with E-state index in [1.807, 2.05) is 37.3 Å². The summed E-state index contributed by atoms with van der Waals surface area (Å²) in [5, 5.41) is 8.59. The fourth-order valence-electron chi connectivity index (χ4n) is 3.82. The van der Waals surface area contributed by atoms with E-state index in [1.54, 1.807) is 12.2 Å². The Balaban J connectivity index is 1.70. The van der Waals surface area contributed by atoms with Crippen molar-refractivity contribution < 1.29 is 4.79 Å². The van der Waals surface area contributed by atoms with Crippen LogP contribution in [0.25, 0.3) is 44.4 Å². The Labute approximate surface area is 178 Å². The normalized spacial score (nSPS) is 15.9. The van der Waals surface area contributed by atoms with Gasteiger partial charge < -0.3 is 10.6 Å². The average Bonchev–Trinajstić information content (AvgIpc) is 3.09. The Morgan fingerprint density at radius 3 is 2.60 bits per heavy atom. The molecule has 0 unspecified atom stereocenters. The van der Waals surface area contributed by atoms with Crippen molar-refractivity contribution in [1.29, 1.82) is 0 Å². The minimum Gasteiger partial charge on any atom is -0.381 e. The number of nitrogens with one attached hydrogen (secondary N) is 2. The van der Waals surface area contributed by atoms with Crippen LogP contribution in [0, 0.1) is 0 Å². The van der Waals surface area contributed by atoms with Gasteiger partial charge in [0.05, 0.1) is 28.3 Å². The molecule has 0 spiro atoms. The van der Waals surface area contributed by atoms with E-state index in [0.29, 0.717) is 6.54 Å². The largest absolute Gasteiger partial charge is 0.381 e. The lowest BCUT2D eigenvalue weighted by Gasteiger charge is -2.10. The number of fused-ring (bicyclic) bond motifs is 5. The minimum atomic E-state index is -0.0212. The number of thiophene rings is 1. The molecule has 5 nitrogen and oxygen atoms in total. The molecule has 2 N–H and O–H groups in total. The van der Waals surface area contributed by atoms with E-state index in [0.717, 1.165) is 54.2 Å². The van der Waals surface area contributed by atoms with Crippen molar-refractivity contribution >= 4 is 56.1 Å². The number of carbonyl (C=O) groups excluding carboxylic acids is 1. The van der Waals surface area contributed by atoms with Crippen LogP contribution < -0.4 is 10.6 Å². The number of benzene rings is 1. The molecular weight excluding hydrogens is 392 g/mol. The van der Waals surface area contributed by atoms with Crippen LogP contribution in [0.1, 0.15) is 28.0 Å². The molecule has 1 atom stereocenters. The molecule has 1 aliphatic heterocycles. The Morgan fingerprint density at radius 1 is 1.10 bits per heavy atom. The number of anilines is 1. The predicted octanol–water partition coefficient (Wildman–Crippen LogP) is 5.34. The molecule has 148 valence electrons. The van der Waals surface area contributed by atoms with Gasteiger partial charge in [0, 0.05) is 33.6 Å². The van der Waals surface area contributed by atoms with E-state index in [-0.39, 0.29) is 11.9 Å². The van der Waals surface area contributed by atoms with Gasteiger partial charge in [0.1, 0.15) is 4.88 Å². The fourth-order valence-corrected chi connectivity index (χ4v) is 4.92. The maximum absolute atomic E-state index is 12.6. The monoisotopic (exact) mass is 412 g/mol. The maximum Gasteiger partial charge on any atom is 0.263 e. The van der Waals surface area contributed by atoms with E-state index in [9.17, 15) is 4.79 Å². The van der Waals surface area contributed by atoms with Gasteiger partial charge in [-0.1, -0.05) is 13.2 Å². The molecule has 3 aromatic heterocycles. The first kappa shape index (κ1) is 18.5. The van der Waals surface area contributed by atoms with Gasteiger partial charge in [0.15, 0.2) is 0 Å². The molecule has 0 fully saturated rings. The van der Waals surface area contributed by atoms with E-state index in [1.165, 1.54) is 11.3 Å². The molecule has 4 aromatic rings. The van der Waals surface area contributed by atoms with E-state index >= 15 is 0 Å². The van der Waals surface area contributed by atoms with Crippen molar-refractivity contribution in [3.05, 3.63) is 65.8 Å². The standard InChI is InChI=1S/C24H20N4OS/c1-4-15-10-14(11-16(5-2)27-15)18-7-6-17-19(28-18)8-9-20-21(17)22-23(30-20)24(29)26-13(3)12-25-22/h4-11,13,25H,1-2,12H2,3H3,(H,26,29)/t13-/m1/s1. The van der Waals surface area contributed by atoms with E-state index in [2.05, 4.69) is 34.8 Å². The van der Waals surface area contributed by atoms with Crippen molar-refractivity contribution in [3.63, 3.8) is 0 Å². The Hall–Kier alpha value is -3.51. The first-order chi connectivity index (χ1) is 14.6. The van der Waals surface area contributed by atoms with Crippen molar-refractivity contribution in [2.45, 2.75) is 13.0 Å². The summed E-state index contributed by atoms with van der Waals surface area (Å²) in [4.78, 5) is 22.7. The Kier molecular flexibility index (Phi) is 4.37. The summed E-state index contributed by atoms with van der Waals surface area (Å²) in [6.45, 7) is 10.3. The molecule has 1 aliphatic rings.